The number of nitrogens with one attached hydrogen (secondary N) is 1. The summed E-state index contributed by atoms with van der Waals surface area (Å²) in [5.41, 5.74) is 1.98. The number of hydrogen-bond donors (Lipinski definition) is 2. The minimum atomic E-state index is -1.07. The number of rotatable bonds is 3. The van der Waals surface area contributed by atoms with Crippen molar-refractivity contribution in [3.8, 4) is 0 Å². The standard InChI is InChI=1S/C14H9N3O3S/c18-13(17-10-3-6-21-12(10)14(19)20)8-1-2-9-11(7-8)16-5-4-15-9/h1-7H,(H,17,18)(H,19,20). The fourth-order valence-electron chi connectivity index (χ4n) is 1.87. The molecule has 0 radical (unpaired) electrons. The molecule has 0 atom stereocenters. The van der Waals surface area contributed by atoms with Crippen LogP contribution in [0.1, 0.15) is 20.0 Å². The molecule has 1 amide bonds. The molecule has 0 unspecified atom stereocenters. The molecule has 7 heteroatoms. The SMILES string of the molecule is O=C(Nc1ccsc1C(=O)O)c1ccc2nccnc2c1. The minimum absolute atomic E-state index is 0.101. The van der Waals surface area contributed by atoms with E-state index >= 15 is 0 Å². The molecule has 21 heavy (non-hydrogen) atoms. The van der Waals surface area contributed by atoms with Crippen LogP contribution in [0, 0.1) is 0 Å². The number of carbonyl (C=O) groups excluding carboxylic acids is 1. The van der Waals surface area contributed by atoms with Crippen molar-refractivity contribution in [3.63, 3.8) is 0 Å². The van der Waals surface area contributed by atoms with E-state index in [4.69, 9.17) is 5.11 Å². The molecule has 0 spiro atoms. The first-order valence-electron chi connectivity index (χ1n) is 5.98. The van der Waals surface area contributed by atoms with Gasteiger partial charge in [0.25, 0.3) is 5.91 Å². The number of anilines is 1. The highest BCUT2D eigenvalue weighted by molar-refractivity contribution is 7.12. The van der Waals surface area contributed by atoms with Gasteiger partial charge in [-0.05, 0) is 29.6 Å². The zero-order chi connectivity index (χ0) is 14.8. The summed E-state index contributed by atoms with van der Waals surface area (Å²) < 4.78 is 0. The maximum absolute atomic E-state index is 12.2. The molecular formula is C14H9N3O3S. The van der Waals surface area contributed by atoms with E-state index in [1.807, 2.05) is 0 Å². The molecule has 3 rings (SSSR count). The van der Waals surface area contributed by atoms with Gasteiger partial charge in [0.1, 0.15) is 4.88 Å². The van der Waals surface area contributed by atoms with Crippen LogP contribution in [0.2, 0.25) is 0 Å². The number of carboxylic acids is 1. The van der Waals surface area contributed by atoms with E-state index in [2.05, 4.69) is 15.3 Å². The average molecular weight is 299 g/mol. The maximum Gasteiger partial charge on any atom is 0.348 e. The number of aromatic nitrogens is 2. The molecule has 0 bridgehead atoms. The second kappa shape index (κ2) is 5.29. The molecule has 0 fully saturated rings. The van der Waals surface area contributed by atoms with Crippen LogP contribution in [0.15, 0.2) is 42.0 Å². The quantitative estimate of drug-likeness (QED) is 0.775. The Balaban J connectivity index is 1.90. The first kappa shape index (κ1) is 13.2. The lowest BCUT2D eigenvalue weighted by Gasteiger charge is -2.05. The highest BCUT2D eigenvalue weighted by Gasteiger charge is 2.15. The second-order valence-electron chi connectivity index (χ2n) is 4.18. The van der Waals surface area contributed by atoms with Crippen LogP contribution in [-0.2, 0) is 0 Å². The number of thiophene rings is 1. The third-order valence-corrected chi connectivity index (χ3v) is 3.74. The first-order chi connectivity index (χ1) is 10.1. The number of benzene rings is 1. The molecule has 3 aromatic rings. The van der Waals surface area contributed by atoms with Gasteiger partial charge < -0.3 is 10.4 Å². The van der Waals surface area contributed by atoms with Gasteiger partial charge in [0.05, 0.1) is 16.7 Å². The highest BCUT2D eigenvalue weighted by atomic mass is 32.1. The van der Waals surface area contributed by atoms with E-state index in [1.54, 1.807) is 42.0 Å². The molecule has 6 nitrogen and oxygen atoms in total. The Morgan fingerprint density at radius 3 is 2.62 bits per heavy atom. The minimum Gasteiger partial charge on any atom is -0.477 e. The van der Waals surface area contributed by atoms with Gasteiger partial charge in [-0.3, -0.25) is 14.8 Å². The third-order valence-electron chi connectivity index (χ3n) is 2.84. The molecule has 0 saturated carbocycles. The Morgan fingerprint density at radius 2 is 1.86 bits per heavy atom. The number of hydrogen-bond acceptors (Lipinski definition) is 5. The summed E-state index contributed by atoms with van der Waals surface area (Å²) in [7, 11) is 0. The van der Waals surface area contributed by atoms with Crippen molar-refractivity contribution in [3.05, 3.63) is 52.5 Å². The lowest BCUT2D eigenvalue weighted by Crippen LogP contribution is -2.13. The van der Waals surface area contributed by atoms with Crippen molar-refractivity contribution in [2.45, 2.75) is 0 Å². The van der Waals surface area contributed by atoms with Crippen molar-refractivity contribution in [1.82, 2.24) is 9.97 Å². The lowest BCUT2D eigenvalue weighted by molar-refractivity contribution is 0.0703. The third kappa shape index (κ3) is 2.59. The molecule has 104 valence electrons. The smallest absolute Gasteiger partial charge is 0.348 e. The van der Waals surface area contributed by atoms with Gasteiger partial charge in [0.2, 0.25) is 0 Å². The summed E-state index contributed by atoms with van der Waals surface area (Å²) in [5.74, 6) is -1.45. The predicted octanol–water partition coefficient (Wildman–Crippen LogP) is 2.64. The van der Waals surface area contributed by atoms with Crippen LogP contribution >= 0.6 is 11.3 Å². The Labute approximate surface area is 123 Å². The van der Waals surface area contributed by atoms with Crippen LogP contribution in [0.25, 0.3) is 11.0 Å². The Bertz CT molecular complexity index is 844. The van der Waals surface area contributed by atoms with Crippen LogP contribution in [0.5, 0.6) is 0 Å². The van der Waals surface area contributed by atoms with E-state index in [0.717, 1.165) is 11.3 Å². The molecule has 2 N–H and O–H groups in total. The predicted molar refractivity (Wildman–Crippen MR) is 78.8 cm³/mol. The maximum atomic E-state index is 12.2. The summed E-state index contributed by atoms with van der Waals surface area (Å²) in [5, 5.41) is 13.2. The monoisotopic (exact) mass is 299 g/mol. The van der Waals surface area contributed by atoms with E-state index in [-0.39, 0.29) is 16.5 Å². The Kier molecular flexibility index (Phi) is 3.33. The van der Waals surface area contributed by atoms with E-state index in [0.29, 0.717) is 16.6 Å². The summed E-state index contributed by atoms with van der Waals surface area (Å²) in [6.07, 6.45) is 3.12. The largest absolute Gasteiger partial charge is 0.477 e. The van der Waals surface area contributed by atoms with Crippen molar-refractivity contribution < 1.29 is 14.7 Å². The molecule has 1 aromatic carbocycles. The molecule has 0 aliphatic rings. The van der Waals surface area contributed by atoms with Gasteiger partial charge in [-0.1, -0.05) is 0 Å². The number of carbonyl (C=O) groups is 2. The molecule has 2 heterocycles. The number of amides is 1. The van der Waals surface area contributed by atoms with Crippen LogP contribution < -0.4 is 5.32 Å². The zero-order valence-corrected chi connectivity index (χ0v) is 11.4. The molecule has 0 saturated heterocycles. The van der Waals surface area contributed by atoms with Gasteiger partial charge in [0.15, 0.2) is 0 Å². The summed E-state index contributed by atoms with van der Waals surface area (Å²) in [4.78, 5) is 31.6. The fourth-order valence-corrected chi connectivity index (χ4v) is 2.56. The lowest BCUT2D eigenvalue weighted by atomic mass is 10.2. The first-order valence-corrected chi connectivity index (χ1v) is 6.86. The van der Waals surface area contributed by atoms with Gasteiger partial charge in [-0.15, -0.1) is 11.3 Å². The number of nitrogens with zero attached hydrogens (tertiary/aromatic N) is 2. The van der Waals surface area contributed by atoms with E-state index in [9.17, 15) is 9.59 Å². The van der Waals surface area contributed by atoms with Gasteiger partial charge >= 0.3 is 5.97 Å². The zero-order valence-electron chi connectivity index (χ0n) is 10.6. The number of fused-ring (bicyclic) bond motifs is 1. The molecular weight excluding hydrogens is 290 g/mol. The molecule has 2 aromatic heterocycles. The number of carboxylic acid groups (broad SMARTS) is 1. The van der Waals surface area contributed by atoms with Crippen molar-refractivity contribution in [1.29, 1.82) is 0 Å². The van der Waals surface area contributed by atoms with Crippen LogP contribution in [-0.4, -0.2) is 27.0 Å². The van der Waals surface area contributed by atoms with Crippen LogP contribution in [0.3, 0.4) is 0 Å². The van der Waals surface area contributed by atoms with Crippen LogP contribution in [0.4, 0.5) is 5.69 Å². The average Bonchev–Trinajstić information content (AvgIpc) is 2.95. The van der Waals surface area contributed by atoms with Crippen molar-refractivity contribution >= 4 is 39.9 Å². The molecule has 0 aliphatic heterocycles. The van der Waals surface area contributed by atoms with Crippen molar-refractivity contribution in [2.24, 2.45) is 0 Å². The summed E-state index contributed by atoms with van der Waals surface area (Å²) in [6.45, 7) is 0. The summed E-state index contributed by atoms with van der Waals surface area (Å²) >= 11 is 1.06. The molecule has 0 aliphatic carbocycles. The number of aromatic carboxylic acids is 1. The van der Waals surface area contributed by atoms with Gasteiger partial charge in [0, 0.05) is 18.0 Å². The van der Waals surface area contributed by atoms with Crippen molar-refractivity contribution in [2.75, 3.05) is 5.32 Å². The second-order valence-corrected chi connectivity index (χ2v) is 5.10. The summed E-state index contributed by atoms with van der Waals surface area (Å²) in [6, 6.07) is 6.50. The Hall–Kier alpha value is -2.80. The van der Waals surface area contributed by atoms with Gasteiger partial charge in [-0.25, -0.2) is 4.79 Å². The van der Waals surface area contributed by atoms with E-state index < -0.39 is 5.97 Å². The highest BCUT2D eigenvalue weighted by Crippen LogP contribution is 2.23. The van der Waals surface area contributed by atoms with E-state index in [1.165, 1.54) is 0 Å². The fraction of sp³-hybridized carbons (Fsp3) is 0. The Morgan fingerprint density at radius 1 is 1.10 bits per heavy atom. The normalized spacial score (nSPS) is 10.5. The topological polar surface area (TPSA) is 92.2 Å². The van der Waals surface area contributed by atoms with Gasteiger partial charge in [-0.2, -0.15) is 0 Å².